The number of nitro groups is 1. The molecule has 18 heavy (non-hydrogen) atoms. The van der Waals surface area contributed by atoms with Crippen molar-refractivity contribution < 1.29 is 4.92 Å². The van der Waals surface area contributed by atoms with Crippen LogP contribution >= 0.6 is 15.9 Å². The first-order chi connectivity index (χ1) is 8.49. The Morgan fingerprint density at radius 3 is 2.94 bits per heavy atom. The number of pyridine rings is 1. The molecule has 0 saturated carbocycles. The summed E-state index contributed by atoms with van der Waals surface area (Å²) in [6.45, 7) is 3.76. The predicted octanol–water partition coefficient (Wildman–Crippen LogP) is 1.93. The van der Waals surface area contributed by atoms with Crippen LogP contribution in [0.2, 0.25) is 0 Å². The summed E-state index contributed by atoms with van der Waals surface area (Å²) < 4.78 is 0.652. The molecule has 6 nitrogen and oxygen atoms in total. The van der Waals surface area contributed by atoms with Gasteiger partial charge in [-0.25, -0.2) is 4.98 Å². The third-order valence-electron chi connectivity index (χ3n) is 3.29. The van der Waals surface area contributed by atoms with E-state index in [9.17, 15) is 10.1 Å². The summed E-state index contributed by atoms with van der Waals surface area (Å²) in [7, 11) is 0. The maximum atomic E-state index is 10.7. The van der Waals surface area contributed by atoms with E-state index in [2.05, 4.69) is 32.7 Å². The second kappa shape index (κ2) is 5.19. The number of hydrogen-bond donors (Lipinski definition) is 1. The second-order valence-electron chi connectivity index (χ2n) is 4.63. The summed E-state index contributed by atoms with van der Waals surface area (Å²) >= 11 is 3.35. The van der Waals surface area contributed by atoms with Gasteiger partial charge in [0.25, 0.3) is 5.69 Å². The zero-order chi connectivity index (χ0) is 13.3. The van der Waals surface area contributed by atoms with Crippen LogP contribution in [0.15, 0.2) is 16.7 Å². The Labute approximate surface area is 113 Å². The fraction of sp³-hybridized carbons (Fsp3) is 0.545. The first-order valence-electron chi connectivity index (χ1n) is 5.79. The fourth-order valence-electron chi connectivity index (χ4n) is 2.11. The summed E-state index contributed by atoms with van der Waals surface area (Å²) in [5.74, 6) is 1.14. The molecule has 2 unspecified atom stereocenters. The topological polar surface area (TPSA) is 85.3 Å². The number of anilines is 1. The van der Waals surface area contributed by atoms with Gasteiger partial charge >= 0.3 is 0 Å². The number of piperidine rings is 1. The van der Waals surface area contributed by atoms with Crippen LogP contribution in [0.3, 0.4) is 0 Å². The molecule has 1 aliphatic heterocycles. The Morgan fingerprint density at radius 2 is 2.39 bits per heavy atom. The summed E-state index contributed by atoms with van der Waals surface area (Å²) in [6.07, 6.45) is 2.20. The van der Waals surface area contributed by atoms with Crippen molar-refractivity contribution in [3.63, 3.8) is 0 Å². The summed E-state index contributed by atoms with van der Waals surface area (Å²) in [5.41, 5.74) is 5.97. The number of hydrogen-bond acceptors (Lipinski definition) is 5. The third kappa shape index (κ3) is 2.62. The van der Waals surface area contributed by atoms with Crippen molar-refractivity contribution in [1.29, 1.82) is 0 Å². The number of aromatic nitrogens is 1. The summed E-state index contributed by atoms with van der Waals surface area (Å²) in [6, 6.07) is 1.71. The lowest BCUT2D eigenvalue weighted by atomic mass is 9.95. The van der Waals surface area contributed by atoms with Crippen molar-refractivity contribution in [2.45, 2.75) is 19.4 Å². The van der Waals surface area contributed by atoms with E-state index < -0.39 is 4.92 Å². The van der Waals surface area contributed by atoms with Crippen LogP contribution < -0.4 is 10.6 Å². The Morgan fingerprint density at radius 1 is 1.67 bits per heavy atom. The lowest BCUT2D eigenvalue weighted by molar-refractivity contribution is -0.385. The number of nitrogens with zero attached hydrogens (tertiary/aromatic N) is 3. The van der Waals surface area contributed by atoms with E-state index in [-0.39, 0.29) is 11.7 Å². The van der Waals surface area contributed by atoms with E-state index in [1.165, 1.54) is 12.3 Å². The van der Waals surface area contributed by atoms with E-state index in [4.69, 9.17) is 5.73 Å². The number of halogens is 1. The van der Waals surface area contributed by atoms with Gasteiger partial charge in [-0.15, -0.1) is 0 Å². The number of rotatable bonds is 2. The molecule has 2 N–H and O–H groups in total. The van der Waals surface area contributed by atoms with Crippen molar-refractivity contribution in [1.82, 2.24) is 4.98 Å². The SMILES string of the molecule is CC1CN(c2ncc([N+](=O)[O-])cc2Br)CCC1N. The molecule has 1 aliphatic rings. The fourth-order valence-corrected chi connectivity index (χ4v) is 2.70. The van der Waals surface area contributed by atoms with Crippen molar-refractivity contribution in [3.05, 3.63) is 26.9 Å². The van der Waals surface area contributed by atoms with Gasteiger partial charge < -0.3 is 10.6 Å². The van der Waals surface area contributed by atoms with Gasteiger partial charge in [0.2, 0.25) is 0 Å². The van der Waals surface area contributed by atoms with Crippen LogP contribution in [-0.2, 0) is 0 Å². The summed E-state index contributed by atoms with van der Waals surface area (Å²) in [4.78, 5) is 16.5. The molecule has 1 fully saturated rings. The molecule has 98 valence electrons. The molecule has 7 heteroatoms. The van der Waals surface area contributed by atoms with Crippen LogP contribution in [0.5, 0.6) is 0 Å². The molecule has 2 rings (SSSR count). The molecule has 1 saturated heterocycles. The molecule has 0 bridgehead atoms. The van der Waals surface area contributed by atoms with Crippen LogP contribution in [0.1, 0.15) is 13.3 Å². The smallest absolute Gasteiger partial charge is 0.288 e. The van der Waals surface area contributed by atoms with E-state index in [1.807, 2.05) is 0 Å². The molecule has 0 amide bonds. The van der Waals surface area contributed by atoms with E-state index in [0.717, 1.165) is 25.3 Å². The minimum atomic E-state index is -0.448. The maximum absolute atomic E-state index is 10.7. The Balaban J connectivity index is 2.21. The standard InChI is InChI=1S/C11H15BrN4O2/c1-7-6-15(3-2-10(7)13)11-9(12)4-8(5-14-11)16(17)18/h4-5,7,10H,2-3,6,13H2,1H3. The zero-order valence-electron chi connectivity index (χ0n) is 10.0. The third-order valence-corrected chi connectivity index (χ3v) is 3.87. The molecule has 0 spiro atoms. The predicted molar refractivity (Wildman–Crippen MR) is 72.6 cm³/mol. The first kappa shape index (κ1) is 13.2. The largest absolute Gasteiger partial charge is 0.355 e. The summed E-state index contributed by atoms with van der Waals surface area (Å²) in [5, 5.41) is 10.7. The maximum Gasteiger partial charge on any atom is 0.288 e. The molecule has 1 aromatic rings. The molecule has 1 aromatic heterocycles. The lowest BCUT2D eigenvalue weighted by Gasteiger charge is -2.36. The van der Waals surface area contributed by atoms with Gasteiger partial charge in [0.15, 0.2) is 0 Å². The van der Waals surface area contributed by atoms with Crippen LogP contribution in [0.25, 0.3) is 0 Å². The average molecular weight is 315 g/mol. The van der Waals surface area contributed by atoms with Crippen LogP contribution in [0, 0.1) is 16.0 Å². The minimum absolute atomic E-state index is 0.00705. The average Bonchev–Trinajstić information content (AvgIpc) is 2.32. The Hall–Kier alpha value is -1.21. The second-order valence-corrected chi connectivity index (χ2v) is 5.49. The zero-order valence-corrected chi connectivity index (χ0v) is 11.6. The molecule has 0 aliphatic carbocycles. The van der Waals surface area contributed by atoms with Gasteiger partial charge in [0, 0.05) is 25.2 Å². The van der Waals surface area contributed by atoms with Gasteiger partial charge in [0.05, 0.1) is 9.40 Å². The van der Waals surface area contributed by atoms with E-state index >= 15 is 0 Å². The molecule has 2 atom stereocenters. The highest BCUT2D eigenvalue weighted by Gasteiger charge is 2.25. The highest BCUT2D eigenvalue weighted by molar-refractivity contribution is 9.10. The van der Waals surface area contributed by atoms with Crippen molar-refractivity contribution in [2.24, 2.45) is 11.7 Å². The molecular formula is C11H15BrN4O2. The molecule has 0 radical (unpaired) electrons. The minimum Gasteiger partial charge on any atom is -0.355 e. The van der Waals surface area contributed by atoms with E-state index in [0.29, 0.717) is 10.4 Å². The quantitative estimate of drug-likeness (QED) is 0.666. The van der Waals surface area contributed by atoms with Crippen molar-refractivity contribution in [2.75, 3.05) is 18.0 Å². The lowest BCUT2D eigenvalue weighted by Crippen LogP contribution is -2.46. The highest BCUT2D eigenvalue weighted by Crippen LogP contribution is 2.30. The Kier molecular flexibility index (Phi) is 3.82. The van der Waals surface area contributed by atoms with Gasteiger partial charge in [0.1, 0.15) is 12.0 Å². The van der Waals surface area contributed by atoms with Crippen molar-refractivity contribution in [3.8, 4) is 0 Å². The first-order valence-corrected chi connectivity index (χ1v) is 6.59. The molecule has 0 aromatic carbocycles. The molecule has 2 heterocycles. The van der Waals surface area contributed by atoms with Gasteiger partial charge in [-0.2, -0.15) is 0 Å². The van der Waals surface area contributed by atoms with Crippen LogP contribution in [0.4, 0.5) is 11.5 Å². The molecular weight excluding hydrogens is 300 g/mol. The van der Waals surface area contributed by atoms with Gasteiger partial charge in [-0.05, 0) is 28.3 Å². The van der Waals surface area contributed by atoms with Gasteiger partial charge in [-0.3, -0.25) is 10.1 Å². The monoisotopic (exact) mass is 314 g/mol. The highest BCUT2D eigenvalue weighted by atomic mass is 79.9. The van der Waals surface area contributed by atoms with Crippen LogP contribution in [-0.4, -0.2) is 29.0 Å². The van der Waals surface area contributed by atoms with E-state index in [1.54, 1.807) is 0 Å². The number of nitrogens with two attached hydrogens (primary N) is 1. The normalized spacial score (nSPS) is 24.1. The van der Waals surface area contributed by atoms with Gasteiger partial charge in [-0.1, -0.05) is 6.92 Å². The Bertz CT molecular complexity index is 468. The van der Waals surface area contributed by atoms with Crippen molar-refractivity contribution >= 4 is 27.4 Å².